The van der Waals surface area contributed by atoms with Crippen LogP contribution in [0.1, 0.15) is 5.76 Å². The Morgan fingerprint density at radius 3 is 2.43 bits per heavy atom. The Hall–Kier alpha value is -1.13. The predicted molar refractivity (Wildman–Crippen MR) is 101 cm³/mol. The molecule has 0 amide bonds. The molecular weight excluding hydrogens is 420 g/mol. The lowest BCUT2D eigenvalue weighted by molar-refractivity contribution is 0.531. The van der Waals surface area contributed by atoms with E-state index >= 15 is 0 Å². The number of furan rings is 1. The molecule has 2 nitrogen and oxygen atoms in total. The van der Waals surface area contributed by atoms with E-state index in [1.807, 2.05) is 36.4 Å². The fourth-order valence-corrected chi connectivity index (χ4v) is 3.17. The van der Waals surface area contributed by atoms with Gasteiger partial charge in [0.1, 0.15) is 11.5 Å². The van der Waals surface area contributed by atoms with Crippen LogP contribution in [0.5, 0.6) is 0 Å². The van der Waals surface area contributed by atoms with Crippen LogP contribution < -0.4 is 5.32 Å². The third-order valence-corrected chi connectivity index (χ3v) is 4.79. The molecular formula is C17H11BrCl3NO. The zero-order valence-corrected chi connectivity index (χ0v) is 15.6. The molecule has 1 aromatic heterocycles. The highest BCUT2D eigenvalue weighted by Crippen LogP contribution is 2.32. The average molecular weight is 432 g/mol. The van der Waals surface area contributed by atoms with E-state index in [-0.39, 0.29) is 0 Å². The van der Waals surface area contributed by atoms with Crippen molar-refractivity contribution < 1.29 is 4.42 Å². The molecule has 3 aromatic rings. The molecule has 0 atom stereocenters. The molecule has 0 bridgehead atoms. The Morgan fingerprint density at radius 2 is 1.70 bits per heavy atom. The molecule has 118 valence electrons. The van der Waals surface area contributed by atoms with Crippen LogP contribution in [0, 0.1) is 0 Å². The maximum absolute atomic E-state index is 6.25. The number of benzene rings is 2. The van der Waals surface area contributed by atoms with Gasteiger partial charge in [-0.3, -0.25) is 0 Å². The molecule has 0 unspecified atom stereocenters. The number of halogens is 4. The molecule has 0 spiro atoms. The van der Waals surface area contributed by atoms with Gasteiger partial charge in [0.25, 0.3) is 0 Å². The summed E-state index contributed by atoms with van der Waals surface area (Å²) < 4.78 is 6.77. The third-order valence-electron chi connectivity index (χ3n) is 3.24. The van der Waals surface area contributed by atoms with Crippen molar-refractivity contribution in [2.45, 2.75) is 6.54 Å². The quantitative estimate of drug-likeness (QED) is 0.469. The molecule has 0 aliphatic carbocycles. The zero-order chi connectivity index (χ0) is 16.4. The van der Waals surface area contributed by atoms with Gasteiger partial charge in [0.05, 0.1) is 21.6 Å². The van der Waals surface area contributed by atoms with Crippen LogP contribution in [0.15, 0.2) is 57.4 Å². The molecule has 1 heterocycles. The lowest BCUT2D eigenvalue weighted by Crippen LogP contribution is -1.97. The summed E-state index contributed by atoms with van der Waals surface area (Å²) in [4.78, 5) is 0. The van der Waals surface area contributed by atoms with Gasteiger partial charge in [0.15, 0.2) is 0 Å². The summed E-state index contributed by atoms with van der Waals surface area (Å²) in [5.74, 6) is 1.53. The number of anilines is 1. The lowest BCUT2D eigenvalue weighted by Gasteiger charge is -2.06. The molecule has 6 heteroatoms. The van der Waals surface area contributed by atoms with E-state index in [0.29, 0.717) is 21.6 Å². The van der Waals surface area contributed by atoms with Gasteiger partial charge in [0.2, 0.25) is 0 Å². The smallest absolute Gasteiger partial charge is 0.135 e. The normalized spacial score (nSPS) is 10.8. The first-order valence-electron chi connectivity index (χ1n) is 6.76. The summed E-state index contributed by atoms with van der Waals surface area (Å²) in [6.07, 6.45) is 0. The lowest BCUT2D eigenvalue weighted by atomic mass is 10.2. The van der Waals surface area contributed by atoms with Crippen LogP contribution in [-0.2, 0) is 6.54 Å². The van der Waals surface area contributed by atoms with Crippen molar-refractivity contribution >= 4 is 56.4 Å². The van der Waals surface area contributed by atoms with Crippen LogP contribution in [0.4, 0.5) is 5.69 Å². The summed E-state index contributed by atoms with van der Waals surface area (Å²) in [5, 5.41) is 4.92. The highest BCUT2D eigenvalue weighted by atomic mass is 79.9. The van der Waals surface area contributed by atoms with Gasteiger partial charge in [-0.05, 0) is 48.5 Å². The Morgan fingerprint density at radius 1 is 0.870 bits per heavy atom. The van der Waals surface area contributed by atoms with Crippen LogP contribution in [0.2, 0.25) is 15.1 Å². The highest BCUT2D eigenvalue weighted by Gasteiger charge is 2.09. The largest absolute Gasteiger partial charge is 0.459 e. The van der Waals surface area contributed by atoms with Crippen molar-refractivity contribution in [2.75, 3.05) is 5.32 Å². The molecule has 2 aromatic carbocycles. The van der Waals surface area contributed by atoms with E-state index in [2.05, 4.69) is 21.2 Å². The van der Waals surface area contributed by atoms with Gasteiger partial charge in [-0.2, -0.15) is 0 Å². The van der Waals surface area contributed by atoms with E-state index in [9.17, 15) is 0 Å². The molecule has 0 saturated carbocycles. The fraction of sp³-hybridized carbons (Fsp3) is 0.0588. The maximum atomic E-state index is 6.25. The van der Waals surface area contributed by atoms with E-state index < -0.39 is 0 Å². The second kappa shape index (κ2) is 7.18. The SMILES string of the molecule is Clc1ccc(NCc2ccc(-c3ccc(Br)cc3Cl)o2)cc1Cl. The third kappa shape index (κ3) is 4.04. The molecule has 1 N–H and O–H groups in total. The van der Waals surface area contributed by atoms with Crippen molar-refractivity contribution in [2.24, 2.45) is 0 Å². The van der Waals surface area contributed by atoms with Gasteiger partial charge in [-0.1, -0.05) is 50.7 Å². The van der Waals surface area contributed by atoms with Gasteiger partial charge in [-0.15, -0.1) is 0 Å². The van der Waals surface area contributed by atoms with Crippen molar-refractivity contribution in [1.29, 1.82) is 0 Å². The molecule has 0 saturated heterocycles. The van der Waals surface area contributed by atoms with E-state index in [1.54, 1.807) is 12.1 Å². The summed E-state index contributed by atoms with van der Waals surface area (Å²) >= 11 is 21.5. The molecule has 0 fully saturated rings. The summed E-state index contributed by atoms with van der Waals surface area (Å²) in [5.41, 5.74) is 1.73. The summed E-state index contributed by atoms with van der Waals surface area (Å²) in [6.45, 7) is 0.534. The first-order valence-corrected chi connectivity index (χ1v) is 8.68. The Kier molecular flexibility index (Phi) is 5.22. The molecule has 0 aliphatic heterocycles. The number of nitrogens with one attached hydrogen (secondary N) is 1. The van der Waals surface area contributed by atoms with Gasteiger partial charge >= 0.3 is 0 Å². The van der Waals surface area contributed by atoms with Gasteiger partial charge < -0.3 is 9.73 Å². The summed E-state index contributed by atoms with van der Waals surface area (Å²) in [7, 11) is 0. The Bertz CT molecular complexity index is 848. The second-order valence-corrected chi connectivity index (χ2v) is 7.01. The van der Waals surface area contributed by atoms with E-state index in [1.165, 1.54) is 0 Å². The van der Waals surface area contributed by atoms with E-state index in [0.717, 1.165) is 27.2 Å². The van der Waals surface area contributed by atoms with Crippen molar-refractivity contribution in [1.82, 2.24) is 0 Å². The fourth-order valence-electron chi connectivity index (χ4n) is 2.10. The second-order valence-electron chi connectivity index (χ2n) is 4.87. The minimum absolute atomic E-state index is 0.512. The first-order chi connectivity index (χ1) is 11.0. The predicted octanol–water partition coefficient (Wildman–Crippen LogP) is 7.28. The Labute approximate surface area is 157 Å². The molecule has 23 heavy (non-hydrogen) atoms. The minimum Gasteiger partial charge on any atom is -0.459 e. The first kappa shape index (κ1) is 16.7. The van der Waals surface area contributed by atoms with Crippen molar-refractivity contribution in [3.63, 3.8) is 0 Å². The monoisotopic (exact) mass is 429 g/mol. The van der Waals surface area contributed by atoms with Crippen molar-refractivity contribution in [3.8, 4) is 11.3 Å². The molecule has 3 rings (SSSR count). The van der Waals surface area contributed by atoms with Crippen molar-refractivity contribution in [3.05, 3.63) is 73.8 Å². The van der Waals surface area contributed by atoms with Gasteiger partial charge in [-0.25, -0.2) is 0 Å². The number of rotatable bonds is 4. The number of hydrogen-bond acceptors (Lipinski definition) is 2. The highest BCUT2D eigenvalue weighted by molar-refractivity contribution is 9.10. The zero-order valence-electron chi connectivity index (χ0n) is 11.7. The minimum atomic E-state index is 0.512. The maximum Gasteiger partial charge on any atom is 0.135 e. The average Bonchev–Trinajstić information content (AvgIpc) is 2.97. The topological polar surface area (TPSA) is 25.2 Å². The molecule has 0 aliphatic rings. The number of hydrogen-bond donors (Lipinski definition) is 1. The standard InChI is InChI=1S/C17H11BrCl3NO/c18-10-1-4-13(15(20)7-10)17-6-3-12(23-17)9-22-11-2-5-14(19)16(21)8-11/h1-8,22H,9H2. The van der Waals surface area contributed by atoms with Gasteiger partial charge in [0, 0.05) is 15.7 Å². The summed E-state index contributed by atoms with van der Waals surface area (Å²) in [6, 6.07) is 14.9. The Balaban J connectivity index is 1.73. The van der Waals surface area contributed by atoms with E-state index in [4.69, 9.17) is 39.2 Å². The molecule has 0 radical (unpaired) electrons. The van der Waals surface area contributed by atoms with Crippen LogP contribution in [-0.4, -0.2) is 0 Å². The van der Waals surface area contributed by atoms with Crippen LogP contribution >= 0.6 is 50.7 Å². The van der Waals surface area contributed by atoms with Crippen LogP contribution in [0.3, 0.4) is 0 Å². The van der Waals surface area contributed by atoms with Crippen LogP contribution in [0.25, 0.3) is 11.3 Å².